The zero-order valence-electron chi connectivity index (χ0n) is 9.69. The number of carboxylic acids is 1. The summed E-state index contributed by atoms with van der Waals surface area (Å²) in [5.41, 5.74) is 0. The van der Waals surface area contributed by atoms with E-state index >= 15 is 0 Å². The summed E-state index contributed by atoms with van der Waals surface area (Å²) >= 11 is 1.35. The van der Waals surface area contributed by atoms with Crippen LogP contribution < -0.4 is 5.32 Å². The lowest BCUT2D eigenvalue weighted by Crippen LogP contribution is -2.21. The summed E-state index contributed by atoms with van der Waals surface area (Å²) in [7, 11) is 3.99. The van der Waals surface area contributed by atoms with Gasteiger partial charge in [-0.3, -0.25) is 0 Å². The van der Waals surface area contributed by atoms with Gasteiger partial charge in [0.2, 0.25) is 0 Å². The molecule has 0 bridgehead atoms. The van der Waals surface area contributed by atoms with E-state index in [1.165, 1.54) is 11.3 Å². The van der Waals surface area contributed by atoms with Gasteiger partial charge < -0.3 is 15.3 Å². The van der Waals surface area contributed by atoms with Gasteiger partial charge in [0.25, 0.3) is 0 Å². The van der Waals surface area contributed by atoms with Gasteiger partial charge in [0.15, 0.2) is 0 Å². The summed E-state index contributed by atoms with van der Waals surface area (Å²) in [6.07, 6.45) is 1.10. The molecule has 1 aromatic rings. The van der Waals surface area contributed by atoms with Gasteiger partial charge in [-0.2, -0.15) is 0 Å². The van der Waals surface area contributed by atoms with Gasteiger partial charge in [-0.25, -0.2) is 4.79 Å². The van der Waals surface area contributed by atoms with Crippen LogP contribution in [-0.2, 0) is 6.54 Å². The Hall–Kier alpha value is -0.910. The van der Waals surface area contributed by atoms with Crippen molar-refractivity contribution in [2.75, 3.05) is 27.2 Å². The van der Waals surface area contributed by atoms with Crippen molar-refractivity contribution in [3.05, 3.63) is 21.9 Å². The topological polar surface area (TPSA) is 52.6 Å². The van der Waals surface area contributed by atoms with Crippen molar-refractivity contribution in [1.29, 1.82) is 0 Å². The number of nitrogens with one attached hydrogen (secondary N) is 1. The van der Waals surface area contributed by atoms with Gasteiger partial charge in [-0.05, 0) is 45.7 Å². The summed E-state index contributed by atoms with van der Waals surface area (Å²) in [6, 6.07) is 3.56. The first-order chi connectivity index (χ1) is 7.63. The SMILES string of the molecule is CNCCCN(C)Cc1ccc(C(=O)O)s1. The van der Waals surface area contributed by atoms with Crippen LogP contribution in [0.3, 0.4) is 0 Å². The third kappa shape index (κ3) is 4.30. The Balaban J connectivity index is 2.37. The minimum absolute atomic E-state index is 0.415. The van der Waals surface area contributed by atoms with E-state index < -0.39 is 5.97 Å². The predicted molar refractivity (Wildman–Crippen MR) is 66.2 cm³/mol. The largest absolute Gasteiger partial charge is 0.477 e. The molecule has 2 N–H and O–H groups in total. The number of aromatic carboxylic acids is 1. The predicted octanol–water partition coefficient (Wildman–Crippen LogP) is 1.49. The molecule has 16 heavy (non-hydrogen) atoms. The van der Waals surface area contributed by atoms with Crippen LogP contribution in [-0.4, -0.2) is 43.2 Å². The highest BCUT2D eigenvalue weighted by Gasteiger charge is 2.08. The molecule has 1 aromatic heterocycles. The molecule has 0 atom stereocenters. The molecule has 0 saturated heterocycles. The Morgan fingerprint density at radius 2 is 2.31 bits per heavy atom. The average molecular weight is 242 g/mol. The Bertz CT molecular complexity index is 338. The van der Waals surface area contributed by atoms with Gasteiger partial charge in [0.05, 0.1) is 0 Å². The van der Waals surface area contributed by atoms with Crippen LogP contribution >= 0.6 is 11.3 Å². The molecule has 0 radical (unpaired) electrons. The van der Waals surface area contributed by atoms with E-state index in [4.69, 9.17) is 5.11 Å². The van der Waals surface area contributed by atoms with Crippen LogP contribution in [0, 0.1) is 0 Å². The highest BCUT2D eigenvalue weighted by molar-refractivity contribution is 7.13. The molecular weight excluding hydrogens is 224 g/mol. The summed E-state index contributed by atoms with van der Waals surface area (Å²) in [6.45, 7) is 2.85. The number of rotatable bonds is 7. The third-order valence-electron chi connectivity index (χ3n) is 2.26. The zero-order chi connectivity index (χ0) is 12.0. The second kappa shape index (κ2) is 6.62. The van der Waals surface area contributed by atoms with Crippen LogP contribution in [0.2, 0.25) is 0 Å². The molecule has 0 aliphatic heterocycles. The van der Waals surface area contributed by atoms with Crippen LogP contribution in [0.4, 0.5) is 0 Å². The average Bonchev–Trinajstić information content (AvgIpc) is 2.66. The van der Waals surface area contributed by atoms with Gasteiger partial charge in [0.1, 0.15) is 4.88 Å². The first kappa shape index (κ1) is 13.2. The quantitative estimate of drug-likeness (QED) is 0.711. The Kier molecular flexibility index (Phi) is 5.45. The van der Waals surface area contributed by atoms with Gasteiger partial charge >= 0.3 is 5.97 Å². The molecule has 0 fully saturated rings. The summed E-state index contributed by atoms with van der Waals surface area (Å²) in [5.74, 6) is -0.839. The van der Waals surface area contributed by atoms with Crippen molar-refractivity contribution in [2.24, 2.45) is 0 Å². The highest BCUT2D eigenvalue weighted by Crippen LogP contribution is 2.17. The minimum Gasteiger partial charge on any atom is -0.477 e. The lowest BCUT2D eigenvalue weighted by atomic mass is 10.3. The maximum atomic E-state index is 10.7. The van der Waals surface area contributed by atoms with E-state index in [0.717, 1.165) is 30.9 Å². The van der Waals surface area contributed by atoms with Crippen molar-refractivity contribution in [3.63, 3.8) is 0 Å². The number of nitrogens with zero attached hydrogens (tertiary/aromatic N) is 1. The number of hydrogen-bond acceptors (Lipinski definition) is 4. The molecule has 0 amide bonds. The van der Waals surface area contributed by atoms with Crippen LogP contribution in [0.5, 0.6) is 0 Å². The summed E-state index contributed by atoms with van der Waals surface area (Å²) in [4.78, 5) is 14.4. The lowest BCUT2D eigenvalue weighted by molar-refractivity contribution is 0.0702. The van der Waals surface area contributed by atoms with E-state index in [2.05, 4.69) is 17.3 Å². The molecule has 0 aliphatic rings. The van der Waals surface area contributed by atoms with E-state index in [0.29, 0.717) is 4.88 Å². The highest BCUT2D eigenvalue weighted by atomic mass is 32.1. The first-order valence-electron chi connectivity index (χ1n) is 5.28. The molecular formula is C11H18N2O2S. The smallest absolute Gasteiger partial charge is 0.345 e. The molecule has 0 aromatic carbocycles. The van der Waals surface area contributed by atoms with Crippen molar-refractivity contribution in [2.45, 2.75) is 13.0 Å². The molecule has 1 rings (SSSR count). The number of carbonyl (C=O) groups is 1. The molecule has 4 nitrogen and oxygen atoms in total. The second-order valence-corrected chi connectivity index (χ2v) is 4.93. The fraction of sp³-hybridized carbons (Fsp3) is 0.545. The Morgan fingerprint density at radius 1 is 1.56 bits per heavy atom. The molecule has 0 aliphatic carbocycles. The van der Waals surface area contributed by atoms with E-state index in [-0.39, 0.29) is 0 Å². The fourth-order valence-corrected chi connectivity index (χ4v) is 2.38. The fourth-order valence-electron chi connectivity index (χ4n) is 1.45. The molecule has 0 saturated carbocycles. The second-order valence-electron chi connectivity index (χ2n) is 3.77. The molecule has 0 unspecified atom stereocenters. The van der Waals surface area contributed by atoms with Crippen LogP contribution in [0.25, 0.3) is 0 Å². The lowest BCUT2D eigenvalue weighted by Gasteiger charge is -2.14. The molecule has 1 heterocycles. The minimum atomic E-state index is -0.839. The van der Waals surface area contributed by atoms with E-state index in [1.807, 2.05) is 13.1 Å². The van der Waals surface area contributed by atoms with Crippen molar-refractivity contribution >= 4 is 17.3 Å². The normalized spacial score (nSPS) is 10.9. The van der Waals surface area contributed by atoms with Gasteiger partial charge in [-0.1, -0.05) is 0 Å². The Morgan fingerprint density at radius 3 is 2.88 bits per heavy atom. The number of thiophene rings is 1. The van der Waals surface area contributed by atoms with E-state index in [1.54, 1.807) is 6.07 Å². The first-order valence-corrected chi connectivity index (χ1v) is 6.10. The maximum Gasteiger partial charge on any atom is 0.345 e. The summed E-state index contributed by atoms with van der Waals surface area (Å²) in [5, 5.41) is 11.9. The van der Waals surface area contributed by atoms with Gasteiger partial charge in [0, 0.05) is 11.4 Å². The molecule has 0 spiro atoms. The van der Waals surface area contributed by atoms with E-state index in [9.17, 15) is 4.79 Å². The zero-order valence-corrected chi connectivity index (χ0v) is 10.5. The molecule has 90 valence electrons. The van der Waals surface area contributed by atoms with Crippen molar-refractivity contribution < 1.29 is 9.90 Å². The van der Waals surface area contributed by atoms with Crippen LogP contribution in [0.15, 0.2) is 12.1 Å². The number of carboxylic acid groups (broad SMARTS) is 1. The van der Waals surface area contributed by atoms with Crippen molar-refractivity contribution in [3.8, 4) is 0 Å². The van der Waals surface area contributed by atoms with Crippen molar-refractivity contribution in [1.82, 2.24) is 10.2 Å². The standard InChI is InChI=1S/C11H18N2O2S/c1-12-6-3-7-13(2)8-9-4-5-10(16-9)11(14)15/h4-5,12H,3,6-8H2,1-2H3,(H,14,15). The number of hydrogen-bond donors (Lipinski definition) is 2. The monoisotopic (exact) mass is 242 g/mol. The van der Waals surface area contributed by atoms with Gasteiger partial charge in [-0.15, -0.1) is 11.3 Å². The molecule has 5 heteroatoms. The van der Waals surface area contributed by atoms with Crippen LogP contribution in [0.1, 0.15) is 21.0 Å². The third-order valence-corrected chi connectivity index (χ3v) is 3.32. The maximum absolute atomic E-state index is 10.7. The summed E-state index contributed by atoms with van der Waals surface area (Å²) < 4.78 is 0. The Labute approximate surface area is 99.9 Å².